The van der Waals surface area contributed by atoms with Crippen molar-refractivity contribution in [2.24, 2.45) is 0 Å². The predicted octanol–water partition coefficient (Wildman–Crippen LogP) is 15.0. The van der Waals surface area contributed by atoms with Crippen LogP contribution in [0.4, 0.5) is 0 Å². The van der Waals surface area contributed by atoms with Gasteiger partial charge < -0.3 is 33.3 Å². The normalized spacial score (nSPS) is 13.6. The number of allylic oxidation sites excluding steroid dienone is 18. The van der Waals surface area contributed by atoms with E-state index < -0.39 is 24.3 Å². The van der Waals surface area contributed by atoms with E-state index in [1.165, 1.54) is 51.4 Å². The van der Waals surface area contributed by atoms with Crippen LogP contribution < -0.4 is 5.11 Å². The second-order valence-corrected chi connectivity index (χ2v) is 19.5. The van der Waals surface area contributed by atoms with Crippen LogP contribution in [0.3, 0.4) is 0 Å². The zero-order valence-electron chi connectivity index (χ0n) is 45.8. The van der Waals surface area contributed by atoms with Crippen LogP contribution in [0.15, 0.2) is 109 Å². The number of hydrogen-bond donors (Lipinski definition) is 0. The smallest absolute Gasteiger partial charge is 0.306 e. The number of carboxylic acids is 1. The highest BCUT2D eigenvalue weighted by atomic mass is 16.7. The molecule has 0 aliphatic rings. The average Bonchev–Trinajstić information content (AvgIpc) is 3.34. The van der Waals surface area contributed by atoms with Gasteiger partial charge in [-0.15, -0.1) is 0 Å². The van der Waals surface area contributed by atoms with Crippen LogP contribution in [-0.2, 0) is 33.3 Å². The van der Waals surface area contributed by atoms with Gasteiger partial charge in [0, 0.05) is 12.8 Å². The van der Waals surface area contributed by atoms with Gasteiger partial charge in [-0.25, -0.2) is 0 Å². The Morgan fingerprint density at radius 1 is 0.437 bits per heavy atom. The summed E-state index contributed by atoms with van der Waals surface area (Å²) in [5.41, 5.74) is 0. The minimum atomic E-state index is -1.63. The van der Waals surface area contributed by atoms with Crippen molar-refractivity contribution in [3.63, 3.8) is 0 Å². The van der Waals surface area contributed by atoms with Crippen molar-refractivity contribution in [3.05, 3.63) is 109 Å². The maximum atomic E-state index is 12.8. The van der Waals surface area contributed by atoms with E-state index in [2.05, 4.69) is 123 Å². The van der Waals surface area contributed by atoms with Gasteiger partial charge in [0.05, 0.1) is 40.3 Å². The summed E-state index contributed by atoms with van der Waals surface area (Å²) < 4.78 is 22.6. The fraction of sp³-hybridized carbons (Fsp3) is 0.661. The Hall–Kier alpha value is -4.05. The number of nitrogens with zero attached hydrogens (tertiary/aromatic N) is 1. The molecule has 9 nitrogen and oxygen atoms in total. The summed E-state index contributed by atoms with van der Waals surface area (Å²) in [6.07, 6.45) is 68.5. The lowest BCUT2D eigenvalue weighted by Gasteiger charge is -2.26. The van der Waals surface area contributed by atoms with Crippen molar-refractivity contribution in [1.82, 2.24) is 0 Å². The van der Waals surface area contributed by atoms with Gasteiger partial charge in [0.2, 0.25) is 0 Å². The number of hydrogen-bond acceptors (Lipinski definition) is 8. The van der Waals surface area contributed by atoms with Gasteiger partial charge in [-0.3, -0.25) is 9.59 Å². The summed E-state index contributed by atoms with van der Waals surface area (Å²) in [4.78, 5) is 37.2. The first-order chi connectivity index (χ1) is 34.6. The molecule has 0 heterocycles. The number of carbonyl (C=O) groups excluding carboxylic acids is 3. The van der Waals surface area contributed by atoms with Crippen molar-refractivity contribution in [2.45, 2.75) is 219 Å². The Morgan fingerprint density at radius 3 is 1.20 bits per heavy atom. The minimum absolute atomic E-state index is 0.140. The summed E-state index contributed by atoms with van der Waals surface area (Å²) in [6.45, 7) is 4.53. The molecule has 0 aromatic rings. The Bertz CT molecular complexity index is 1530. The zero-order chi connectivity index (χ0) is 52.0. The fourth-order valence-electron chi connectivity index (χ4n) is 7.20. The lowest BCUT2D eigenvalue weighted by molar-refractivity contribution is -0.870. The second-order valence-electron chi connectivity index (χ2n) is 19.5. The van der Waals surface area contributed by atoms with E-state index in [0.717, 1.165) is 122 Å². The zero-order valence-corrected chi connectivity index (χ0v) is 45.8. The van der Waals surface area contributed by atoms with Crippen LogP contribution in [0.25, 0.3) is 0 Å². The van der Waals surface area contributed by atoms with Gasteiger partial charge >= 0.3 is 11.9 Å². The molecule has 0 aromatic carbocycles. The molecule has 0 saturated heterocycles. The molecule has 0 aliphatic heterocycles. The second kappa shape index (κ2) is 52.3. The molecule has 0 saturated carbocycles. The lowest BCUT2D eigenvalue weighted by Crippen LogP contribution is -2.44. The van der Waals surface area contributed by atoms with E-state index in [1.54, 1.807) is 0 Å². The first-order valence-corrected chi connectivity index (χ1v) is 28.0. The number of ether oxygens (including phenoxy) is 4. The van der Waals surface area contributed by atoms with E-state index in [0.29, 0.717) is 17.4 Å². The predicted molar refractivity (Wildman–Crippen MR) is 297 cm³/mol. The third kappa shape index (κ3) is 53.6. The summed E-state index contributed by atoms with van der Waals surface area (Å²) in [5, 5.41) is 11.7. The van der Waals surface area contributed by atoms with E-state index in [-0.39, 0.29) is 38.6 Å². The van der Waals surface area contributed by atoms with Crippen LogP contribution in [0, 0.1) is 0 Å². The number of likely N-dealkylation sites (N-methyl/N-ethyl adjacent to an activating group) is 1. The molecule has 0 aromatic heterocycles. The summed E-state index contributed by atoms with van der Waals surface area (Å²) in [7, 11) is 5.90. The third-order valence-electron chi connectivity index (χ3n) is 11.5. The summed E-state index contributed by atoms with van der Waals surface area (Å²) in [5.74, 6) is -2.32. The van der Waals surface area contributed by atoms with E-state index in [4.69, 9.17) is 18.9 Å². The van der Waals surface area contributed by atoms with Crippen molar-refractivity contribution in [2.75, 3.05) is 47.5 Å². The number of rotatable bonds is 50. The monoisotopic (exact) mass is 990 g/mol. The van der Waals surface area contributed by atoms with Crippen LogP contribution in [0.5, 0.6) is 0 Å². The Balaban J connectivity index is 4.20. The molecular formula is C62H103NO8. The van der Waals surface area contributed by atoms with Gasteiger partial charge in [-0.2, -0.15) is 0 Å². The van der Waals surface area contributed by atoms with Crippen molar-refractivity contribution in [3.8, 4) is 0 Å². The largest absolute Gasteiger partial charge is 0.545 e. The SMILES string of the molecule is CC/C=C\C/C=C\C/C=C\C/C=C\C/C=C\C/C=C\C/C=C\CCCCCCCCCCCCCC(=O)OC(COC(=O)CCCCCCC/C=C\C/C=C\CCC)COC(OCC[N+](C)(C)C)C(=O)[O-]. The maximum absolute atomic E-state index is 12.8. The molecule has 0 fully saturated rings. The van der Waals surface area contributed by atoms with Gasteiger partial charge in [0.25, 0.3) is 0 Å². The number of carboxylic acid groups (broad SMARTS) is 1. The molecule has 0 aliphatic carbocycles. The number of esters is 2. The number of carbonyl (C=O) groups is 3. The van der Waals surface area contributed by atoms with Gasteiger partial charge in [-0.1, -0.05) is 207 Å². The Labute approximate surface area is 434 Å². The minimum Gasteiger partial charge on any atom is -0.545 e. The molecule has 0 rings (SSSR count). The average molecular weight is 991 g/mol. The molecule has 0 amide bonds. The van der Waals surface area contributed by atoms with Gasteiger partial charge in [-0.05, 0) is 96.3 Å². The first kappa shape index (κ1) is 67.0. The Kier molecular flexibility index (Phi) is 49.3. The number of aliphatic carboxylic acids is 1. The lowest BCUT2D eigenvalue weighted by atomic mass is 10.0. The molecule has 9 heteroatoms. The molecule has 404 valence electrons. The highest BCUT2D eigenvalue weighted by Gasteiger charge is 2.22. The molecule has 0 radical (unpaired) electrons. The topological polar surface area (TPSA) is 111 Å². The van der Waals surface area contributed by atoms with Gasteiger partial charge in [0.1, 0.15) is 13.2 Å². The molecule has 0 bridgehead atoms. The summed E-state index contributed by atoms with van der Waals surface area (Å²) in [6, 6.07) is 0. The fourth-order valence-corrected chi connectivity index (χ4v) is 7.20. The molecule has 0 N–H and O–H groups in total. The maximum Gasteiger partial charge on any atom is 0.306 e. The molecule has 2 unspecified atom stereocenters. The van der Waals surface area contributed by atoms with Crippen LogP contribution in [0.1, 0.15) is 206 Å². The highest BCUT2D eigenvalue weighted by molar-refractivity contribution is 5.70. The molecular weight excluding hydrogens is 887 g/mol. The van der Waals surface area contributed by atoms with Crippen molar-refractivity contribution in [1.29, 1.82) is 0 Å². The third-order valence-corrected chi connectivity index (χ3v) is 11.5. The van der Waals surface area contributed by atoms with E-state index in [1.807, 2.05) is 21.1 Å². The van der Waals surface area contributed by atoms with Gasteiger partial charge in [0.15, 0.2) is 12.4 Å². The molecule has 2 atom stereocenters. The van der Waals surface area contributed by atoms with E-state index >= 15 is 0 Å². The van der Waals surface area contributed by atoms with E-state index in [9.17, 15) is 19.5 Å². The Morgan fingerprint density at radius 2 is 0.803 bits per heavy atom. The van der Waals surface area contributed by atoms with Crippen LogP contribution >= 0.6 is 0 Å². The number of quaternary nitrogens is 1. The van der Waals surface area contributed by atoms with Crippen molar-refractivity contribution < 1.29 is 42.9 Å². The summed E-state index contributed by atoms with van der Waals surface area (Å²) >= 11 is 0. The van der Waals surface area contributed by atoms with Crippen molar-refractivity contribution >= 4 is 17.9 Å². The highest BCUT2D eigenvalue weighted by Crippen LogP contribution is 2.15. The molecule has 0 spiro atoms. The molecule has 71 heavy (non-hydrogen) atoms. The standard InChI is InChI=1S/C62H103NO8/c1-6-8-10-12-14-16-18-20-21-22-23-24-25-26-27-28-29-30-31-32-33-34-35-36-37-38-39-41-43-45-47-49-51-53-60(65)71-58(57-70-62(61(66)67)68-55-54-63(3,4)5)56-69-59(64)52-50-48-46-44-42-40-19-17-15-13-11-9-7-2/h8,10-11,13-14,16-17,19-21,23-24,26-27,29-30,32-33,58,62H,6-7,9,12,15,18,22,25,28,31,34-57H2,1-5H3/b10-8-,13-11-,16-14-,19-17-,21-20-,24-23-,27-26-,30-29-,33-32-. The van der Waals surface area contributed by atoms with Crippen LogP contribution in [-0.4, -0.2) is 82.3 Å². The first-order valence-electron chi connectivity index (χ1n) is 28.0. The quantitative estimate of drug-likeness (QED) is 0.0195. The van der Waals surface area contributed by atoms with Crippen LogP contribution in [0.2, 0.25) is 0 Å². The number of unbranched alkanes of at least 4 members (excludes halogenated alkanes) is 17.